The molecule has 0 atom stereocenters. The lowest BCUT2D eigenvalue weighted by atomic mass is 10.6. The number of ether oxygens (including phenoxy) is 3. The van der Waals surface area contributed by atoms with Crippen molar-refractivity contribution in [2.45, 2.75) is 0 Å². The van der Waals surface area contributed by atoms with E-state index in [9.17, 15) is 4.79 Å². The van der Waals surface area contributed by atoms with Crippen molar-refractivity contribution in [2.24, 2.45) is 5.11 Å². The van der Waals surface area contributed by atoms with Crippen molar-refractivity contribution in [1.29, 1.82) is 0 Å². The van der Waals surface area contributed by atoms with Crippen LogP contribution in [0, 0.1) is 0 Å². The van der Waals surface area contributed by atoms with Crippen LogP contribution in [0.5, 0.6) is 0 Å². The Bertz CT molecular complexity index is 274. The van der Waals surface area contributed by atoms with E-state index in [0.717, 1.165) is 0 Å². The van der Waals surface area contributed by atoms with Gasteiger partial charge in [-0.3, -0.25) is 4.79 Å². The van der Waals surface area contributed by atoms with Gasteiger partial charge in [-0.2, -0.15) is 0 Å². The van der Waals surface area contributed by atoms with E-state index < -0.39 is 0 Å². The minimum Gasteiger partial charge on any atom is -0.379 e. The van der Waals surface area contributed by atoms with Gasteiger partial charge in [0.1, 0.15) is 5.88 Å². The largest absolute Gasteiger partial charge is 0.379 e. The van der Waals surface area contributed by atoms with Crippen molar-refractivity contribution >= 4 is 17.5 Å². The van der Waals surface area contributed by atoms with Crippen molar-refractivity contribution in [2.75, 3.05) is 58.6 Å². The van der Waals surface area contributed by atoms with Crippen molar-refractivity contribution in [3.8, 4) is 0 Å². The summed E-state index contributed by atoms with van der Waals surface area (Å²) in [4.78, 5) is 13.3. The number of azide groups is 1. The fourth-order valence-corrected chi connectivity index (χ4v) is 1.10. The van der Waals surface area contributed by atoms with Crippen LogP contribution in [-0.2, 0) is 19.0 Å². The number of halogens is 1. The summed E-state index contributed by atoms with van der Waals surface area (Å²) < 4.78 is 15.6. The molecule has 0 aliphatic rings. The second-order valence-corrected chi connectivity index (χ2v) is 3.54. The first-order valence-electron chi connectivity index (χ1n) is 5.88. The Morgan fingerprint density at radius 2 is 1.68 bits per heavy atom. The summed E-state index contributed by atoms with van der Waals surface area (Å²) in [6.45, 7) is 3.41. The predicted molar refractivity (Wildman–Crippen MR) is 70.2 cm³/mol. The molecule has 0 aromatic carbocycles. The highest BCUT2D eigenvalue weighted by Gasteiger charge is 1.96. The number of alkyl halides is 1. The number of carbonyl (C=O) groups excluding carboxylic acids is 1. The smallest absolute Gasteiger partial charge is 0.235 e. The molecule has 0 radical (unpaired) electrons. The molecular weight excluding hydrogens is 276 g/mol. The molecule has 0 aliphatic carbocycles. The van der Waals surface area contributed by atoms with Crippen LogP contribution in [0.15, 0.2) is 5.11 Å². The summed E-state index contributed by atoms with van der Waals surface area (Å²) in [6.07, 6.45) is 0. The topological polar surface area (TPSA) is 106 Å². The van der Waals surface area contributed by atoms with Crippen LogP contribution in [0.25, 0.3) is 10.4 Å². The molecule has 0 heterocycles. The molecule has 0 saturated carbocycles. The van der Waals surface area contributed by atoms with Crippen LogP contribution in [-0.4, -0.2) is 64.5 Å². The summed E-state index contributed by atoms with van der Waals surface area (Å²) in [7, 11) is 0. The lowest BCUT2D eigenvalue weighted by Crippen LogP contribution is -2.28. The Morgan fingerprint density at radius 3 is 2.26 bits per heavy atom. The first kappa shape index (κ1) is 17.9. The number of carbonyl (C=O) groups is 1. The Morgan fingerprint density at radius 1 is 1.11 bits per heavy atom. The fourth-order valence-electron chi connectivity index (χ4n) is 1.00. The second kappa shape index (κ2) is 15.0. The predicted octanol–water partition coefficient (Wildman–Crippen LogP) is 0.701. The average Bonchev–Trinajstić information content (AvgIpc) is 2.43. The van der Waals surface area contributed by atoms with Crippen LogP contribution in [0.1, 0.15) is 0 Å². The van der Waals surface area contributed by atoms with Crippen LogP contribution in [0.2, 0.25) is 0 Å². The quantitative estimate of drug-likeness (QED) is 0.177. The molecule has 0 aliphatic heterocycles. The number of rotatable bonds is 13. The molecule has 110 valence electrons. The van der Waals surface area contributed by atoms with Crippen molar-refractivity contribution in [1.82, 2.24) is 5.32 Å². The average molecular weight is 295 g/mol. The maximum atomic E-state index is 10.7. The van der Waals surface area contributed by atoms with Gasteiger partial charge < -0.3 is 19.5 Å². The Hall–Kier alpha value is -1.05. The van der Waals surface area contributed by atoms with Gasteiger partial charge in [-0.05, 0) is 5.53 Å². The molecule has 1 amide bonds. The van der Waals surface area contributed by atoms with Crippen molar-refractivity contribution in [3.05, 3.63) is 10.4 Å². The van der Waals surface area contributed by atoms with Gasteiger partial charge in [0.05, 0.1) is 39.6 Å². The first-order valence-corrected chi connectivity index (χ1v) is 6.41. The molecular formula is C10H19ClN4O4. The van der Waals surface area contributed by atoms with Crippen LogP contribution < -0.4 is 5.32 Å². The van der Waals surface area contributed by atoms with Gasteiger partial charge in [0.25, 0.3) is 0 Å². The summed E-state index contributed by atoms with van der Waals surface area (Å²) in [6, 6.07) is 0. The lowest BCUT2D eigenvalue weighted by molar-refractivity contribution is -0.118. The van der Waals surface area contributed by atoms with Crippen LogP contribution in [0.3, 0.4) is 0 Å². The van der Waals surface area contributed by atoms with Gasteiger partial charge >= 0.3 is 0 Å². The number of amides is 1. The highest BCUT2D eigenvalue weighted by Crippen LogP contribution is 1.82. The van der Waals surface area contributed by atoms with E-state index >= 15 is 0 Å². The molecule has 0 bridgehead atoms. The maximum absolute atomic E-state index is 10.7. The Labute approximate surface area is 117 Å². The van der Waals surface area contributed by atoms with E-state index in [2.05, 4.69) is 15.3 Å². The minimum atomic E-state index is -0.209. The third-order valence-electron chi connectivity index (χ3n) is 1.83. The van der Waals surface area contributed by atoms with Gasteiger partial charge in [0.2, 0.25) is 5.91 Å². The SMILES string of the molecule is [N-]=[N+]=NCCOCCOCCOCCNC(=O)CCl. The third-order valence-corrected chi connectivity index (χ3v) is 2.08. The molecule has 1 N–H and O–H groups in total. The first-order chi connectivity index (χ1) is 9.31. The highest BCUT2D eigenvalue weighted by molar-refractivity contribution is 6.27. The monoisotopic (exact) mass is 294 g/mol. The van der Waals surface area contributed by atoms with E-state index in [0.29, 0.717) is 52.7 Å². The lowest BCUT2D eigenvalue weighted by Gasteiger charge is -2.06. The summed E-state index contributed by atoms with van der Waals surface area (Å²) in [5, 5.41) is 5.90. The standard InChI is InChI=1S/C10H19ClN4O4/c11-9-10(16)13-1-3-17-5-7-19-8-6-18-4-2-14-15-12/h1-9H2,(H,13,16). The highest BCUT2D eigenvalue weighted by atomic mass is 35.5. The zero-order valence-electron chi connectivity index (χ0n) is 10.7. The zero-order valence-corrected chi connectivity index (χ0v) is 11.5. The van der Waals surface area contributed by atoms with E-state index in [1.807, 2.05) is 0 Å². The van der Waals surface area contributed by atoms with Crippen LogP contribution in [0.4, 0.5) is 0 Å². The molecule has 0 unspecified atom stereocenters. The van der Waals surface area contributed by atoms with Crippen LogP contribution >= 0.6 is 11.6 Å². The third kappa shape index (κ3) is 14.9. The Kier molecular flexibility index (Phi) is 14.2. The van der Waals surface area contributed by atoms with Crippen molar-refractivity contribution in [3.63, 3.8) is 0 Å². The number of nitrogens with one attached hydrogen (secondary N) is 1. The molecule has 0 aromatic heterocycles. The molecule has 0 saturated heterocycles. The summed E-state index contributed by atoms with van der Waals surface area (Å²) >= 11 is 5.29. The fraction of sp³-hybridized carbons (Fsp3) is 0.900. The van der Waals surface area contributed by atoms with Gasteiger partial charge in [-0.1, -0.05) is 5.11 Å². The Balaban J connectivity index is 3.02. The minimum absolute atomic E-state index is 0.0389. The van der Waals surface area contributed by atoms with Crippen molar-refractivity contribution < 1.29 is 19.0 Å². The molecule has 0 spiro atoms. The number of nitrogens with zero attached hydrogens (tertiary/aromatic N) is 3. The summed E-state index contributed by atoms with van der Waals surface area (Å²) in [5.41, 5.74) is 8.01. The van der Waals surface area contributed by atoms with E-state index in [-0.39, 0.29) is 11.8 Å². The summed E-state index contributed by atoms with van der Waals surface area (Å²) in [5.74, 6) is -0.248. The molecule has 8 nitrogen and oxygen atoms in total. The van der Waals surface area contributed by atoms with E-state index in [1.54, 1.807) is 0 Å². The molecule has 0 aromatic rings. The van der Waals surface area contributed by atoms with E-state index in [1.165, 1.54) is 0 Å². The zero-order chi connectivity index (χ0) is 14.2. The molecule has 9 heteroatoms. The number of hydrogen-bond acceptors (Lipinski definition) is 5. The van der Waals surface area contributed by atoms with Gasteiger partial charge in [0, 0.05) is 18.0 Å². The normalized spacial score (nSPS) is 9.95. The van der Waals surface area contributed by atoms with E-state index in [4.69, 9.17) is 31.3 Å². The molecule has 0 fully saturated rings. The molecule has 0 rings (SSSR count). The van der Waals surface area contributed by atoms with Gasteiger partial charge in [0.15, 0.2) is 0 Å². The second-order valence-electron chi connectivity index (χ2n) is 3.28. The molecule has 19 heavy (non-hydrogen) atoms. The van der Waals surface area contributed by atoms with Gasteiger partial charge in [-0.25, -0.2) is 0 Å². The maximum Gasteiger partial charge on any atom is 0.235 e. The van der Waals surface area contributed by atoms with Gasteiger partial charge in [-0.15, -0.1) is 11.6 Å². The number of hydrogen-bond donors (Lipinski definition) is 1.